The van der Waals surface area contributed by atoms with E-state index in [1.54, 1.807) is 12.1 Å². The molecule has 2 rings (SSSR count). The first kappa shape index (κ1) is 16.0. The van der Waals surface area contributed by atoms with Gasteiger partial charge in [0.05, 0.1) is 5.41 Å². The SMILES string of the molecule is CCN(CC)CCCNC(=O)C1(c2ccc(F)cc2)CC1. The molecule has 1 N–H and O–H groups in total. The monoisotopic (exact) mass is 292 g/mol. The predicted molar refractivity (Wildman–Crippen MR) is 82.7 cm³/mol. The number of rotatable bonds is 8. The lowest BCUT2D eigenvalue weighted by molar-refractivity contribution is -0.123. The quantitative estimate of drug-likeness (QED) is 0.747. The molecule has 3 nitrogen and oxygen atoms in total. The normalized spacial score (nSPS) is 16.0. The van der Waals surface area contributed by atoms with Crippen LogP contribution in [0.1, 0.15) is 38.7 Å². The zero-order valence-corrected chi connectivity index (χ0v) is 13.0. The smallest absolute Gasteiger partial charge is 0.230 e. The van der Waals surface area contributed by atoms with E-state index < -0.39 is 5.41 Å². The Labute approximate surface area is 126 Å². The maximum atomic E-state index is 13.0. The second kappa shape index (κ2) is 7.03. The summed E-state index contributed by atoms with van der Waals surface area (Å²) in [6.07, 6.45) is 2.69. The van der Waals surface area contributed by atoms with Crippen molar-refractivity contribution >= 4 is 5.91 Å². The summed E-state index contributed by atoms with van der Waals surface area (Å²) in [7, 11) is 0. The van der Waals surface area contributed by atoms with E-state index in [2.05, 4.69) is 24.1 Å². The van der Waals surface area contributed by atoms with E-state index in [9.17, 15) is 9.18 Å². The van der Waals surface area contributed by atoms with Crippen LogP contribution in [0.4, 0.5) is 4.39 Å². The Morgan fingerprint density at radius 1 is 1.24 bits per heavy atom. The van der Waals surface area contributed by atoms with Gasteiger partial charge in [0.1, 0.15) is 5.82 Å². The van der Waals surface area contributed by atoms with Gasteiger partial charge < -0.3 is 10.2 Å². The number of hydrogen-bond acceptors (Lipinski definition) is 2. The third kappa shape index (κ3) is 3.82. The maximum Gasteiger partial charge on any atom is 0.230 e. The lowest BCUT2D eigenvalue weighted by Crippen LogP contribution is -2.36. The van der Waals surface area contributed by atoms with Gasteiger partial charge in [-0.05, 0) is 56.6 Å². The van der Waals surface area contributed by atoms with Crippen molar-refractivity contribution in [2.75, 3.05) is 26.2 Å². The van der Waals surface area contributed by atoms with Crippen LogP contribution >= 0.6 is 0 Å². The van der Waals surface area contributed by atoms with Gasteiger partial charge in [0, 0.05) is 6.54 Å². The van der Waals surface area contributed by atoms with Crippen LogP contribution in [0.5, 0.6) is 0 Å². The third-order valence-electron chi connectivity index (χ3n) is 4.41. The summed E-state index contributed by atoms with van der Waals surface area (Å²) in [6.45, 7) is 8.11. The molecule has 1 aromatic carbocycles. The van der Waals surface area contributed by atoms with Crippen LogP contribution in [0.15, 0.2) is 24.3 Å². The lowest BCUT2D eigenvalue weighted by atomic mass is 9.95. The molecule has 116 valence electrons. The van der Waals surface area contributed by atoms with Gasteiger partial charge in [-0.2, -0.15) is 0 Å². The number of nitrogens with one attached hydrogen (secondary N) is 1. The first-order chi connectivity index (χ1) is 10.1. The Balaban J connectivity index is 1.82. The fourth-order valence-electron chi connectivity index (χ4n) is 2.75. The molecule has 0 atom stereocenters. The molecule has 21 heavy (non-hydrogen) atoms. The first-order valence-corrected chi connectivity index (χ1v) is 7.89. The Bertz CT molecular complexity index is 464. The van der Waals surface area contributed by atoms with Crippen LogP contribution in [0.25, 0.3) is 0 Å². The summed E-state index contributed by atoms with van der Waals surface area (Å²) in [4.78, 5) is 14.7. The van der Waals surface area contributed by atoms with Gasteiger partial charge in [-0.25, -0.2) is 4.39 Å². The van der Waals surface area contributed by atoms with Crippen molar-refractivity contribution in [2.45, 2.75) is 38.5 Å². The number of halogens is 1. The van der Waals surface area contributed by atoms with Gasteiger partial charge in [-0.1, -0.05) is 26.0 Å². The first-order valence-electron chi connectivity index (χ1n) is 7.89. The number of nitrogens with zero attached hydrogens (tertiary/aromatic N) is 1. The maximum absolute atomic E-state index is 13.0. The summed E-state index contributed by atoms with van der Waals surface area (Å²) in [5.41, 5.74) is 0.535. The Kier molecular flexibility index (Phi) is 5.34. The van der Waals surface area contributed by atoms with Crippen LogP contribution in [-0.2, 0) is 10.2 Å². The number of amides is 1. The van der Waals surface area contributed by atoms with E-state index in [0.717, 1.165) is 44.5 Å². The van der Waals surface area contributed by atoms with Crippen LogP contribution in [0.2, 0.25) is 0 Å². The van der Waals surface area contributed by atoms with Crippen LogP contribution in [0.3, 0.4) is 0 Å². The van der Waals surface area contributed by atoms with Crippen LogP contribution in [-0.4, -0.2) is 37.0 Å². The molecule has 0 aliphatic heterocycles. The number of carbonyl (C=O) groups excluding carboxylic acids is 1. The molecule has 0 bridgehead atoms. The molecular weight excluding hydrogens is 267 g/mol. The summed E-state index contributed by atoms with van der Waals surface area (Å²) in [6, 6.07) is 6.34. The minimum absolute atomic E-state index is 0.0913. The molecule has 1 amide bonds. The minimum Gasteiger partial charge on any atom is -0.355 e. The molecule has 1 aromatic rings. The van der Waals surface area contributed by atoms with E-state index in [0.29, 0.717) is 6.54 Å². The Hall–Kier alpha value is -1.42. The average Bonchev–Trinajstić information content (AvgIpc) is 3.30. The van der Waals surface area contributed by atoms with Gasteiger partial charge in [-0.3, -0.25) is 4.79 Å². The van der Waals surface area contributed by atoms with Crippen molar-refractivity contribution in [3.05, 3.63) is 35.6 Å². The van der Waals surface area contributed by atoms with Crippen molar-refractivity contribution in [2.24, 2.45) is 0 Å². The number of carbonyl (C=O) groups is 1. The highest BCUT2D eigenvalue weighted by Gasteiger charge is 2.50. The van der Waals surface area contributed by atoms with E-state index in [1.165, 1.54) is 12.1 Å². The Morgan fingerprint density at radius 3 is 2.38 bits per heavy atom. The lowest BCUT2D eigenvalue weighted by Gasteiger charge is -2.19. The zero-order valence-electron chi connectivity index (χ0n) is 13.0. The second-order valence-corrected chi connectivity index (χ2v) is 5.73. The van der Waals surface area contributed by atoms with Crippen molar-refractivity contribution in [3.63, 3.8) is 0 Å². The summed E-state index contributed by atoms with van der Waals surface area (Å²) >= 11 is 0. The average molecular weight is 292 g/mol. The third-order valence-corrected chi connectivity index (χ3v) is 4.41. The van der Waals surface area contributed by atoms with Crippen molar-refractivity contribution in [1.82, 2.24) is 10.2 Å². The molecule has 0 radical (unpaired) electrons. The van der Waals surface area contributed by atoms with E-state index >= 15 is 0 Å². The van der Waals surface area contributed by atoms with Crippen molar-refractivity contribution in [3.8, 4) is 0 Å². The number of hydrogen-bond donors (Lipinski definition) is 1. The molecule has 1 fully saturated rings. The number of benzene rings is 1. The van der Waals surface area contributed by atoms with Crippen LogP contribution in [0, 0.1) is 5.82 Å². The molecule has 0 saturated heterocycles. The zero-order chi connectivity index (χ0) is 15.3. The molecule has 4 heteroatoms. The van der Waals surface area contributed by atoms with Crippen molar-refractivity contribution < 1.29 is 9.18 Å². The molecular formula is C17H25FN2O. The molecule has 1 aliphatic carbocycles. The van der Waals surface area contributed by atoms with Gasteiger partial charge in [-0.15, -0.1) is 0 Å². The van der Waals surface area contributed by atoms with Gasteiger partial charge >= 0.3 is 0 Å². The summed E-state index contributed by atoms with van der Waals surface area (Å²) in [5.74, 6) is -0.164. The second-order valence-electron chi connectivity index (χ2n) is 5.73. The highest BCUT2D eigenvalue weighted by molar-refractivity contribution is 5.91. The van der Waals surface area contributed by atoms with Crippen molar-refractivity contribution in [1.29, 1.82) is 0 Å². The summed E-state index contributed by atoms with van der Waals surface area (Å²) in [5, 5.41) is 3.04. The van der Waals surface area contributed by atoms with Gasteiger partial charge in [0.15, 0.2) is 0 Å². The molecule has 0 heterocycles. The fourth-order valence-corrected chi connectivity index (χ4v) is 2.75. The standard InChI is InChI=1S/C17H25FN2O/c1-3-20(4-2)13-5-12-19-16(21)17(10-11-17)14-6-8-15(18)9-7-14/h6-9H,3-5,10-13H2,1-2H3,(H,19,21). The molecule has 0 unspecified atom stereocenters. The van der Waals surface area contributed by atoms with Crippen LogP contribution < -0.4 is 5.32 Å². The summed E-state index contributed by atoms with van der Waals surface area (Å²) < 4.78 is 13.0. The molecule has 1 aliphatic rings. The Morgan fingerprint density at radius 2 is 1.86 bits per heavy atom. The van der Waals surface area contributed by atoms with E-state index in [-0.39, 0.29) is 11.7 Å². The highest BCUT2D eigenvalue weighted by atomic mass is 19.1. The van der Waals surface area contributed by atoms with E-state index in [1.807, 2.05) is 0 Å². The molecule has 0 aromatic heterocycles. The predicted octanol–water partition coefficient (Wildman–Crippen LogP) is 2.71. The van der Waals surface area contributed by atoms with Gasteiger partial charge in [0.25, 0.3) is 0 Å². The molecule has 1 saturated carbocycles. The topological polar surface area (TPSA) is 32.3 Å². The van der Waals surface area contributed by atoms with Gasteiger partial charge in [0.2, 0.25) is 5.91 Å². The largest absolute Gasteiger partial charge is 0.355 e. The minimum atomic E-state index is -0.400. The molecule has 0 spiro atoms. The van der Waals surface area contributed by atoms with E-state index in [4.69, 9.17) is 0 Å². The fraction of sp³-hybridized carbons (Fsp3) is 0.588. The highest BCUT2D eigenvalue weighted by Crippen LogP contribution is 2.48.